The maximum absolute atomic E-state index is 13.7. The molecular weight excluding hydrogens is 281 g/mol. The van der Waals surface area contributed by atoms with E-state index in [4.69, 9.17) is 5.26 Å². The van der Waals surface area contributed by atoms with Gasteiger partial charge in [0.2, 0.25) is 0 Å². The topological polar surface area (TPSA) is 23.8 Å². The van der Waals surface area contributed by atoms with Crippen molar-refractivity contribution in [2.24, 2.45) is 0 Å². The molecule has 2 aromatic carbocycles. The molecule has 0 fully saturated rings. The Labute approximate surface area is 108 Å². The van der Waals surface area contributed by atoms with Gasteiger partial charge in [-0.3, -0.25) is 0 Å². The lowest BCUT2D eigenvalue weighted by atomic mass is 9.99. The molecule has 2 aromatic rings. The predicted molar refractivity (Wildman–Crippen MR) is 69.2 cm³/mol. The molecule has 0 aliphatic carbocycles. The molecule has 0 saturated heterocycles. The molecular formula is C14H9BrFN. The summed E-state index contributed by atoms with van der Waals surface area (Å²) >= 11 is 3.22. The molecule has 0 radical (unpaired) electrons. The zero-order valence-corrected chi connectivity index (χ0v) is 10.5. The molecule has 84 valence electrons. The first-order chi connectivity index (χ1) is 8.26. The van der Waals surface area contributed by atoms with E-state index in [2.05, 4.69) is 22.0 Å². The maximum atomic E-state index is 13.7. The van der Waals surface area contributed by atoms with Crippen LogP contribution in [0.3, 0.4) is 0 Å². The highest BCUT2D eigenvalue weighted by molar-refractivity contribution is 9.08. The second kappa shape index (κ2) is 5.11. The van der Waals surface area contributed by atoms with Gasteiger partial charge in [-0.1, -0.05) is 46.3 Å². The molecule has 0 aliphatic rings. The molecule has 17 heavy (non-hydrogen) atoms. The number of rotatable bonds is 2. The van der Waals surface area contributed by atoms with E-state index in [0.29, 0.717) is 16.5 Å². The Morgan fingerprint density at radius 1 is 1.18 bits per heavy atom. The molecule has 0 amide bonds. The van der Waals surface area contributed by atoms with Crippen LogP contribution in [-0.4, -0.2) is 0 Å². The molecule has 0 aliphatic heterocycles. The Hall–Kier alpha value is -1.66. The van der Waals surface area contributed by atoms with Crippen LogP contribution in [0.4, 0.5) is 4.39 Å². The number of hydrogen-bond acceptors (Lipinski definition) is 1. The third kappa shape index (κ3) is 2.37. The van der Waals surface area contributed by atoms with Crippen LogP contribution in [0.1, 0.15) is 11.1 Å². The molecule has 2 rings (SSSR count). The number of benzene rings is 2. The van der Waals surface area contributed by atoms with Crippen molar-refractivity contribution in [2.75, 3.05) is 0 Å². The monoisotopic (exact) mass is 289 g/mol. The van der Waals surface area contributed by atoms with E-state index < -0.39 is 0 Å². The molecule has 0 bridgehead atoms. The van der Waals surface area contributed by atoms with Gasteiger partial charge in [-0.25, -0.2) is 4.39 Å². The average Bonchev–Trinajstić information content (AvgIpc) is 2.38. The first-order valence-electron chi connectivity index (χ1n) is 5.10. The minimum atomic E-state index is -0.257. The van der Waals surface area contributed by atoms with Gasteiger partial charge in [0.05, 0.1) is 11.6 Å². The van der Waals surface area contributed by atoms with Crippen LogP contribution >= 0.6 is 15.9 Å². The van der Waals surface area contributed by atoms with E-state index in [1.165, 1.54) is 6.07 Å². The Kier molecular flexibility index (Phi) is 3.55. The van der Waals surface area contributed by atoms with Gasteiger partial charge in [-0.05, 0) is 28.8 Å². The minimum Gasteiger partial charge on any atom is -0.207 e. The Balaban J connectivity index is 2.54. The van der Waals surface area contributed by atoms with E-state index in [1.54, 1.807) is 18.2 Å². The van der Waals surface area contributed by atoms with Crippen molar-refractivity contribution in [3.63, 3.8) is 0 Å². The largest absolute Gasteiger partial charge is 0.207 e. The molecule has 0 unspecified atom stereocenters. The van der Waals surface area contributed by atoms with Crippen LogP contribution < -0.4 is 0 Å². The third-order valence-corrected chi connectivity index (χ3v) is 3.16. The molecule has 0 heterocycles. The van der Waals surface area contributed by atoms with Gasteiger partial charge in [0.25, 0.3) is 0 Å². The van der Waals surface area contributed by atoms with E-state index >= 15 is 0 Å². The van der Waals surface area contributed by atoms with Crippen LogP contribution in [0.25, 0.3) is 11.1 Å². The zero-order chi connectivity index (χ0) is 12.3. The number of alkyl halides is 1. The number of halogens is 2. The summed E-state index contributed by atoms with van der Waals surface area (Å²) in [6.07, 6.45) is 0. The number of hydrogen-bond donors (Lipinski definition) is 0. The average molecular weight is 290 g/mol. The van der Waals surface area contributed by atoms with Crippen LogP contribution in [-0.2, 0) is 5.33 Å². The molecule has 1 nitrogen and oxygen atoms in total. The lowest BCUT2D eigenvalue weighted by Gasteiger charge is -2.06. The van der Waals surface area contributed by atoms with Crippen LogP contribution in [0, 0.1) is 17.1 Å². The number of nitriles is 1. The zero-order valence-electron chi connectivity index (χ0n) is 8.95. The standard InChI is InChI=1S/C14H9BrFN/c15-8-11-6-5-10(7-14(11)16)13-4-2-1-3-12(13)9-17/h1-7H,8H2. The Bertz CT molecular complexity index is 587. The minimum absolute atomic E-state index is 0.257. The van der Waals surface area contributed by atoms with Crippen LogP contribution in [0.2, 0.25) is 0 Å². The van der Waals surface area contributed by atoms with Crippen molar-refractivity contribution >= 4 is 15.9 Å². The normalized spacial score (nSPS) is 9.94. The highest BCUT2D eigenvalue weighted by atomic mass is 79.9. The molecule has 0 atom stereocenters. The second-order valence-electron chi connectivity index (χ2n) is 3.60. The van der Waals surface area contributed by atoms with Crippen molar-refractivity contribution in [3.8, 4) is 17.2 Å². The second-order valence-corrected chi connectivity index (χ2v) is 4.16. The molecule has 0 saturated carbocycles. The fourth-order valence-corrected chi connectivity index (χ4v) is 2.11. The smallest absolute Gasteiger partial charge is 0.127 e. The first-order valence-corrected chi connectivity index (χ1v) is 6.22. The fourth-order valence-electron chi connectivity index (χ4n) is 1.66. The summed E-state index contributed by atoms with van der Waals surface area (Å²) in [6.45, 7) is 0. The summed E-state index contributed by atoms with van der Waals surface area (Å²) in [5.74, 6) is -0.257. The number of nitrogens with zero attached hydrogens (tertiary/aromatic N) is 1. The SMILES string of the molecule is N#Cc1ccccc1-c1ccc(CBr)c(F)c1. The molecule has 3 heteroatoms. The maximum Gasteiger partial charge on any atom is 0.127 e. The van der Waals surface area contributed by atoms with E-state index in [0.717, 1.165) is 11.1 Å². The predicted octanol–water partition coefficient (Wildman–Crippen LogP) is 4.26. The molecule has 0 aromatic heterocycles. The van der Waals surface area contributed by atoms with Crippen molar-refractivity contribution in [3.05, 3.63) is 59.4 Å². The quantitative estimate of drug-likeness (QED) is 0.758. The van der Waals surface area contributed by atoms with Gasteiger partial charge in [0.15, 0.2) is 0 Å². The van der Waals surface area contributed by atoms with Gasteiger partial charge >= 0.3 is 0 Å². The van der Waals surface area contributed by atoms with Gasteiger partial charge in [0.1, 0.15) is 5.82 Å². The van der Waals surface area contributed by atoms with Gasteiger partial charge in [0, 0.05) is 5.33 Å². The van der Waals surface area contributed by atoms with Crippen molar-refractivity contribution in [1.29, 1.82) is 5.26 Å². The highest BCUT2D eigenvalue weighted by Crippen LogP contribution is 2.25. The summed E-state index contributed by atoms with van der Waals surface area (Å²) in [6, 6.07) is 14.3. The highest BCUT2D eigenvalue weighted by Gasteiger charge is 2.07. The van der Waals surface area contributed by atoms with Crippen LogP contribution in [0.15, 0.2) is 42.5 Å². The summed E-state index contributed by atoms with van der Waals surface area (Å²) in [5.41, 5.74) is 2.65. The van der Waals surface area contributed by atoms with E-state index in [-0.39, 0.29) is 5.82 Å². The Morgan fingerprint density at radius 2 is 1.94 bits per heavy atom. The summed E-state index contributed by atoms with van der Waals surface area (Å²) in [4.78, 5) is 0. The fraction of sp³-hybridized carbons (Fsp3) is 0.0714. The van der Waals surface area contributed by atoms with E-state index in [1.807, 2.05) is 18.2 Å². The van der Waals surface area contributed by atoms with Crippen LogP contribution in [0.5, 0.6) is 0 Å². The molecule has 0 spiro atoms. The van der Waals surface area contributed by atoms with Gasteiger partial charge in [-0.2, -0.15) is 5.26 Å². The summed E-state index contributed by atoms with van der Waals surface area (Å²) < 4.78 is 13.7. The third-order valence-electron chi connectivity index (χ3n) is 2.56. The van der Waals surface area contributed by atoms with Gasteiger partial charge < -0.3 is 0 Å². The lowest BCUT2D eigenvalue weighted by Crippen LogP contribution is -1.89. The van der Waals surface area contributed by atoms with Crippen molar-refractivity contribution in [2.45, 2.75) is 5.33 Å². The van der Waals surface area contributed by atoms with Crippen molar-refractivity contribution < 1.29 is 4.39 Å². The lowest BCUT2D eigenvalue weighted by molar-refractivity contribution is 0.618. The van der Waals surface area contributed by atoms with E-state index in [9.17, 15) is 4.39 Å². The van der Waals surface area contributed by atoms with Crippen molar-refractivity contribution in [1.82, 2.24) is 0 Å². The molecule has 0 N–H and O–H groups in total. The summed E-state index contributed by atoms with van der Waals surface area (Å²) in [5, 5.41) is 9.48. The Morgan fingerprint density at radius 3 is 2.59 bits per heavy atom. The summed E-state index contributed by atoms with van der Waals surface area (Å²) in [7, 11) is 0. The first kappa shape index (κ1) is 11.8. The van der Waals surface area contributed by atoms with Gasteiger partial charge in [-0.15, -0.1) is 0 Å².